The minimum Gasteiger partial charge on any atom is -0.480 e. The van der Waals surface area contributed by atoms with Crippen LogP contribution in [-0.4, -0.2) is 39.6 Å². The van der Waals surface area contributed by atoms with Crippen LogP contribution >= 0.6 is 7.60 Å². The summed E-state index contributed by atoms with van der Waals surface area (Å²) in [4.78, 5) is 29.0. The van der Waals surface area contributed by atoms with Crippen molar-refractivity contribution in [3.63, 3.8) is 0 Å². The largest absolute Gasteiger partial charge is 0.480 e. The van der Waals surface area contributed by atoms with E-state index in [4.69, 9.17) is 14.9 Å². The van der Waals surface area contributed by atoms with Crippen molar-refractivity contribution in [2.45, 2.75) is 31.7 Å². The number of hydrogen-bond donors (Lipinski definition) is 4. The molecule has 1 aliphatic carbocycles. The topological polar surface area (TPSA) is 107 Å². The molecule has 1 heterocycles. The molecule has 1 saturated carbocycles. The lowest BCUT2D eigenvalue weighted by Crippen LogP contribution is -2.49. The van der Waals surface area contributed by atoms with E-state index in [1.54, 1.807) is 0 Å². The molecule has 1 unspecified atom stereocenters. The minimum atomic E-state index is -3.95. The quantitative estimate of drug-likeness (QED) is 0.564. The van der Waals surface area contributed by atoms with E-state index in [0.29, 0.717) is 18.9 Å². The van der Waals surface area contributed by atoms with Gasteiger partial charge in [-0.1, -0.05) is 0 Å². The Morgan fingerprint density at radius 3 is 2.56 bits per heavy atom. The van der Waals surface area contributed by atoms with Crippen molar-refractivity contribution in [3.05, 3.63) is 0 Å². The first kappa shape index (κ1) is 14.0. The van der Waals surface area contributed by atoms with Gasteiger partial charge in [-0.2, -0.15) is 0 Å². The first-order valence-corrected chi connectivity index (χ1v) is 8.15. The summed E-state index contributed by atoms with van der Waals surface area (Å²) in [6.45, 7) is 0.713. The first-order chi connectivity index (χ1) is 8.35. The van der Waals surface area contributed by atoms with E-state index in [1.165, 1.54) is 0 Å². The van der Waals surface area contributed by atoms with Gasteiger partial charge in [-0.25, -0.2) is 0 Å². The van der Waals surface area contributed by atoms with E-state index in [1.807, 2.05) is 0 Å². The Morgan fingerprint density at radius 1 is 1.22 bits per heavy atom. The van der Waals surface area contributed by atoms with Gasteiger partial charge < -0.3 is 20.2 Å². The van der Waals surface area contributed by atoms with E-state index in [2.05, 4.69) is 5.32 Å². The summed E-state index contributed by atoms with van der Waals surface area (Å²) in [5, 5.41) is 12.0. The van der Waals surface area contributed by atoms with Gasteiger partial charge >= 0.3 is 13.6 Å². The third-order valence-corrected chi connectivity index (χ3v) is 5.20. The Hall–Kier alpha value is -0.420. The molecule has 2 rings (SSSR count). The molecule has 0 bridgehead atoms. The average molecular weight is 277 g/mol. The summed E-state index contributed by atoms with van der Waals surface area (Å²) in [7, 11) is -3.95. The van der Waals surface area contributed by atoms with E-state index >= 15 is 0 Å². The van der Waals surface area contributed by atoms with Crippen LogP contribution < -0.4 is 5.32 Å². The van der Waals surface area contributed by atoms with Crippen LogP contribution in [0.3, 0.4) is 0 Å². The molecule has 4 atom stereocenters. The number of carbonyl (C=O) groups is 1. The van der Waals surface area contributed by atoms with Crippen molar-refractivity contribution in [3.8, 4) is 0 Å². The van der Waals surface area contributed by atoms with E-state index in [-0.39, 0.29) is 18.0 Å². The zero-order chi connectivity index (χ0) is 13.3. The van der Waals surface area contributed by atoms with Crippen LogP contribution in [0.15, 0.2) is 0 Å². The van der Waals surface area contributed by atoms with Gasteiger partial charge in [-0.05, 0) is 50.0 Å². The third kappa shape index (κ3) is 3.54. The lowest BCUT2D eigenvalue weighted by molar-refractivity contribution is -0.141. The number of carboxylic acids is 1. The second kappa shape index (κ2) is 5.29. The molecule has 1 saturated heterocycles. The fourth-order valence-corrected chi connectivity index (χ4v) is 4.36. The fourth-order valence-electron chi connectivity index (χ4n) is 3.35. The van der Waals surface area contributed by atoms with Crippen LogP contribution in [0.2, 0.25) is 0 Å². The predicted molar refractivity (Wildman–Crippen MR) is 65.3 cm³/mol. The zero-order valence-electron chi connectivity index (χ0n) is 10.2. The molecule has 0 spiro atoms. The number of aliphatic carboxylic acids is 1. The van der Waals surface area contributed by atoms with Crippen molar-refractivity contribution in [2.75, 3.05) is 12.7 Å². The number of hydrogen-bond acceptors (Lipinski definition) is 3. The lowest BCUT2D eigenvalue weighted by atomic mass is 9.70. The molecule has 6 nitrogen and oxygen atoms in total. The van der Waals surface area contributed by atoms with Crippen LogP contribution in [0.1, 0.15) is 25.7 Å². The molecule has 0 aromatic rings. The SMILES string of the molecule is O=C(O)[C@H]1C[C@@H]2CC(CP(=O)(O)O)CC[C@H]2CN1. The van der Waals surface area contributed by atoms with Crippen LogP contribution in [0.4, 0.5) is 0 Å². The van der Waals surface area contributed by atoms with Crippen LogP contribution in [0.25, 0.3) is 0 Å². The highest BCUT2D eigenvalue weighted by Gasteiger charge is 2.38. The number of piperidine rings is 1. The number of fused-ring (bicyclic) bond motifs is 1. The molecular formula is C11H20NO5P. The summed E-state index contributed by atoms with van der Waals surface area (Å²) < 4.78 is 11.0. The second-order valence-corrected chi connectivity index (χ2v) is 7.28. The molecule has 0 radical (unpaired) electrons. The van der Waals surface area contributed by atoms with E-state index in [0.717, 1.165) is 19.3 Å². The van der Waals surface area contributed by atoms with E-state index < -0.39 is 19.6 Å². The van der Waals surface area contributed by atoms with Gasteiger partial charge in [0.05, 0.1) is 6.16 Å². The number of carboxylic acid groups (broad SMARTS) is 1. The van der Waals surface area contributed by atoms with E-state index in [9.17, 15) is 9.36 Å². The molecule has 18 heavy (non-hydrogen) atoms. The van der Waals surface area contributed by atoms with Crippen LogP contribution in [-0.2, 0) is 9.36 Å². The summed E-state index contributed by atoms with van der Waals surface area (Å²) in [5.41, 5.74) is 0. The van der Waals surface area contributed by atoms with Crippen molar-refractivity contribution in [1.82, 2.24) is 5.32 Å². The highest BCUT2D eigenvalue weighted by Crippen LogP contribution is 2.45. The minimum absolute atomic E-state index is 0.0413. The Morgan fingerprint density at radius 2 is 1.94 bits per heavy atom. The molecule has 0 amide bonds. The van der Waals surface area contributed by atoms with Crippen LogP contribution in [0, 0.1) is 17.8 Å². The Balaban J connectivity index is 1.93. The number of nitrogens with one attached hydrogen (secondary N) is 1. The van der Waals surface area contributed by atoms with Gasteiger partial charge in [-0.3, -0.25) is 9.36 Å². The summed E-state index contributed by atoms with van der Waals surface area (Å²) in [5.74, 6) is -0.0311. The van der Waals surface area contributed by atoms with Crippen molar-refractivity contribution in [2.24, 2.45) is 17.8 Å². The van der Waals surface area contributed by atoms with Gasteiger partial charge in [0.25, 0.3) is 0 Å². The number of rotatable bonds is 3. The van der Waals surface area contributed by atoms with Gasteiger partial charge in [0.15, 0.2) is 0 Å². The molecule has 2 aliphatic rings. The molecule has 2 fully saturated rings. The van der Waals surface area contributed by atoms with Gasteiger partial charge in [0.1, 0.15) is 6.04 Å². The maximum absolute atomic E-state index is 11.0. The van der Waals surface area contributed by atoms with Gasteiger partial charge in [0.2, 0.25) is 0 Å². The summed E-state index contributed by atoms with van der Waals surface area (Å²) >= 11 is 0. The maximum Gasteiger partial charge on any atom is 0.325 e. The van der Waals surface area contributed by atoms with Crippen molar-refractivity contribution < 1.29 is 24.3 Å². The van der Waals surface area contributed by atoms with Gasteiger partial charge in [-0.15, -0.1) is 0 Å². The molecule has 1 aliphatic heterocycles. The standard InChI is InChI=1S/C11H20NO5P/c13-11(14)10-4-9-3-7(6-18(15,16)17)1-2-8(9)5-12-10/h7-10,12H,1-6H2,(H,13,14)(H2,15,16,17)/t7?,8-,9-,10+/m0/s1. The van der Waals surface area contributed by atoms with Crippen molar-refractivity contribution in [1.29, 1.82) is 0 Å². The second-order valence-electron chi connectivity index (χ2n) is 5.58. The molecule has 104 valence electrons. The predicted octanol–water partition coefficient (Wildman–Crippen LogP) is 0.643. The summed E-state index contributed by atoms with van der Waals surface area (Å²) in [6, 6.07) is -0.500. The first-order valence-electron chi connectivity index (χ1n) is 6.36. The van der Waals surface area contributed by atoms with Crippen molar-refractivity contribution >= 4 is 13.6 Å². The van der Waals surface area contributed by atoms with Crippen LogP contribution in [0.5, 0.6) is 0 Å². The highest BCUT2D eigenvalue weighted by atomic mass is 31.2. The maximum atomic E-state index is 11.0. The third-order valence-electron chi connectivity index (χ3n) is 4.21. The normalized spacial score (nSPS) is 37.0. The zero-order valence-corrected chi connectivity index (χ0v) is 11.1. The molecule has 4 N–H and O–H groups in total. The molecule has 0 aromatic heterocycles. The Kier molecular flexibility index (Phi) is 4.11. The fraction of sp³-hybridized carbons (Fsp3) is 0.909. The van der Waals surface area contributed by atoms with Gasteiger partial charge in [0, 0.05) is 0 Å². The lowest BCUT2D eigenvalue weighted by Gasteiger charge is -2.41. The Bertz CT molecular complexity index is 368. The molecule has 7 heteroatoms. The smallest absolute Gasteiger partial charge is 0.325 e. The average Bonchev–Trinajstić information content (AvgIpc) is 2.25. The Labute approximate surface area is 106 Å². The molecule has 0 aromatic carbocycles. The summed E-state index contributed by atoms with van der Waals surface area (Å²) in [6.07, 6.45) is 3.06. The highest BCUT2D eigenvalue weighted by molar-refractivity contribution is 7.51. The monoisotopic (exact) mass is 277 g/mol. The molecular weight excluding hydrogens is 257 g/mol.